The molecule has 0 aliphatic heterocycles. The standard InChI is InChI=1S/C18H18N4O2/c1-10-6-7-14(24-2)12(8-10)9-11-4-3-5-13-15(19)17(18(20)23)22-21-16(11)13/h3-8H,9H2,1-2H3,(H2,19,21)(H2,20,23). The lowest BCUT2D eigenvalue weighted by Crippen LogP contribution is -2.17. The lowest BCUT2D eigenvalue weighted by molar-refractivity contribution is 0.0996. The maximum atomic E-state index is 11.4. The maximum Gasteiger partial charge on any atom is 0.271 e. The molecule has 1 amide bonds. The summed E-state index contributed by atoms with van der Waals surface area (Å²) in [5, 5.41) is 8.72. The van der Waals surface area contributed by atoms with Crippen LogP contribution in [-0.2, 0) is 6.42 Å². The first kappa shape index (κ1) is 15.7. The summed E-state index contributed by atoms with van der Waals surface area (Å²) in [6.45, 7) is 2.03. The zero-order valence-electron chi connectivity index (χ0n) is 13.5. The Balaban J connectivity index is 2.13. The minimum Gasteiger partial charge on any atom is -0.496 e. The van der Waals surface area contributed by atoms with Crippen molar-refractivity contribution < 1.29 is 9.53 Å². The molecular formula is C18H18N4O2. The van der Waals surface area contributed by atoms with Gasteiger partial charge >= 0.3 is 0 Å². The first-order valence-electron chi connectivity index (χ1n) is 7.48. The topological polar surface area (TPSA) is 104 Å². The van der Waals surface area contributed by atoms with Crippen LogP contribution < -0.4 is 16.2 Å². The molecule has 6 heteroatoms. The van der Waals surface area contributed by atoms with Crippen molar-refractivity contribution in [3.05, 3.63) is 58.8 Å². The fraction of sp³-hybridized carbons (Fsp3) is 0.167. The molecule has 0 saturated carbocycles. The number of aryl methyl sites for hydroxylation is 1. The third kappa shape index (κ3) is 2.74. The third-order valence-corrected chi connectivity index (χ3v) is 3.97. The average Bonchev–Trinajstić information content (AvgIpc) is 2.56. The fourth-order valence-electron chi connectivity index (χ4n) is 2.78. The fourth-order valence-corrected chi connectivity index (χ4v) is 2.78. The molecule has 0 spiro atoms. The molecule has 0 aliphatic carbocycles. The largest absolute Gasteiger partial charge is 0.496 e. The number of benzene rings is 2. The van der Waals surface area contributed by atoms with Gasteiger partial charge in [0.1, 0.15) is 5.75 Å². The van der Waals surface area contributed by atoms with Crippen LogP contribution in [0.5, 0.6) is 5.75 Å². The van der Waals surface area contributed by atoms with Crippen molar-refractivity contribution in [1.29, 1.82) is 0 Å². The van der Waals surface area contributed by atoms with Crippen LogP contribution in [0, 0.1) is 6.92 Å². The minimum atomic E-state index is -0.687. The number of carbonyl (C=O) groups is 1. The molecule has 3 rings (SSSR count). The van der Waals surface area contributed by atoms with E-state index in [1.807, 2.05) is 37.3 Å². The van der Waals surface area contributed by atoms with E-state index in [0.29, 0.717) is 17.3 Å². The minimum absolute atomic E-state index is 0.00668. The number of carbonyl (C=O) groups excluding carboxylic acids is 1. The van der Waals surface area contributed by atoms with E-state index in [0.717, 1.165) is 22.4 Å². The van der Waals surface area contributed by atoms with Crippen molar-refractivity contribution in [1.82, 2.24) is 10.2 Å². The summed E-state index contributed by atoms with van der Waals surface area (Å²) in [5.74, 6) is 0.125. The van der Waals surface area contributed by atoms with E-state index in [1.54, 1.807) is 7.11 Å². The van der Waals surface area contributed by atoms with Crippen molar-refractivity contribution >= 4 is 22.5 Å². The lowest BCUT2D eigenvalue weighted by atomic mass is 9.99. The first-order chi connectivity index (χ1) is 11.5. The van der Waals surface area contributed by atoms with Crippen molar-refractivity contribution in [2.45, 2.75) is 13.3 Å². The highest BCUT2D eigenvalue weighted by Gasteiger charge is 2.15. The highest BCUT2D eigenvalue weighted by atomic mass is 16.5. The van der Waals surface area contributed by atoms with Crippen LogP contribution in [0.25, 0.3) is 10.9 Å². The Hall–Kier alpha value is -3.15. The van der Waals surface area contributed by atoms with E-state index < -0.39 is 5.91 Å². The Morgan fingerprint density at radius 1 is 1.17 bits per heavy atom. The number of nitrogen functional groups attached to an aromatic ring is 1. The molecule has 2 aromatic carbocycles. The van der Waals surface area contributed by atoms with Gasteiger partial charge in [-0.1, -0.05) is 35.9 Å². The number of nitrogens with zero attached hydrogens (tertiary/aromatic N) is 2. The quantitative estimate of drug-likeness (QED) is 0.766. The summed E-state index contributed by atoms with van der Waals surface area (Å²) in [4.78, 5) is 11.4. The van der Waals surface area contributed by atoms with E-state index in [4.69, 9.17) is 16.2 Å². The van der Waals surface area contributed by atoms with Crippen LogP contribution in [0.1, 0.15) is 27.2 Å². The molecule has 4 N–H and O–H groups in total. The number of hydrogen-bond donors (Lipinski definition) is 2. The highest BCUT2D eigenvalue weighted by molar-refractivity contribution is 6.04. The van der Waals surface area contributed by atoms with Gasteiger partial charge in [-0.25, -0.2) is 0 Å². The molecule has 0 radical (unpaired) electrons. The van der Waals surface area contributed by atoms with Crippen LogP contribution >= 0.6 is 0 Å². The third-order valence-electron chi connectivity index (χ3n) is 3.97. The molecule has 24 heavy (non-hydrogen) atoms. The van der Waals surface area contributed by atoms with Gasteiger partial charge in [-0.05, 0) is 24.1 Å². The smallest absolute Gasteiger partial charge is 0.271 e. The second-order valence-corrected chi connectivity index (χ2v) is 5.63. The predicted molar refractivity (Wildman–Crippen MR) is 93.0 cm³/mol. The summed E-state index contributed by atoms with van der Waals surface area (Å²) in [6, 6.07) is 11.7. The van der Waals surface area contributed by atoms with Crippen molar-refractivity contribution in [3.8, 4) is 5.75 Å². The Morgan fingerprint density at radius 2 is 1.96 bits per heavy atom. The van der Waals surface area contributed by atoms with Gasteiger partial charge in [-0.3, -0.25) is 4.79 Å². The number of ether oxygens (including phenoxy) is 1. The molecule has 3 aromatic rings. The van der Waals surface area contributed by atoms with Gasteiger partial charge < -0.3 is 16.2 Å². The summed E-state index contributed by atoms with van der Waals surface area (Å²) in [6.07, 6.45) is 0.617. The van der Waals surface area contributed by atoms with Gasteiger partial charge in [0.15, 0.2) is 5.69 Å². The molecule has 0 atom stereocenters. The summed E-state index contributed by atoms with van der Waals surface area (Å²) >= 11 is 0. The van der Waals surface area contributed by atoms with E-state index >= 15 is 0 Å². The molecule has 0 bridgehead atoms. The normalized spacial score (nSPS) is 10.8. The summed E-state index contributed by atoms with van der Waals surface area (Å²) in [7, 11) is 1.65. The number of anilines is 1. The molecule has 0 saturated heterocycles. The molecule has 0 unspecified atom stereocenters. The zero-order chi connectivity index (χ0) is 17.3. The second-order valence-electron chi connectivity index (χ2n) is 5.63. The highest BCUT2D eigenvalue weighted by Crippen LogP contribution is 2.28. The Labute approximate surface area is 139 Å². The van der Waals surface area contributed by atoms with E-state index in [2.05, 4.69) is 16.3 Å². The zero-order valence-corrected chi connectivity index (χ0v) is 13.5. The number of aromatic nitrogens is 2. The van der Waals surface area contributed by atoms with Gasteiger partial charge in [-0.15, -0.1) is 10.2 Å². The number of methoxy groups -OCH3 is 1. The van der Waals surface area contributed by atoms with Gasteiger partial charge in [-0.2, -0.15) is 0 Å². The molecule has 0 aliphatic rings. The second kappa shape index (κ2) is 6.16. The van der Waals surface area contributed by atoms with Crippen LogP contribution in [-0.4, -0.2) is 23.2 Å². The first-order valence-corrected chi connectivity index (χ1v) is 7.48. The number of nitrogens with two attached hydrogens (primary N) is 2. The molecule has 1 aromatic heterocycles. The Morgan fingerprint density at radius 3 is 2.67 bits per heavy atom. The van der Waals surface area contributed by atoms with E-state index in [1.165, 1.54) is 0 Å². The molecule has 1 heterocycles. The lowest BCUT2D eigenvalue weighted by Gasteiger charge is -2.12. The van der Waals surface area contributed by atoms with Crippen LogP contribution in [0.15, 0.2) is 36.4 Å². The summed E-state index contributed by atoms with van der Waals surface area (Å²) < 4.78 is 5.44. The monoisotopic (exact) mass is 322 g/mol. The van der Waals surface area contributed by atoms with Crippen LogP contribution in [0.4, 0.5) is 5.69 Å². The predicted octanol–water partition coefficient (Wildman–Crippen LogP) is 2.22. The maximum absolute atomic E-state index is 11.4. The SMILES string of the molecule is COc1ccc(C)cc1Cc1cccc2c(N)c(C(N)=O)nnc12. The Kier molecular flexibility index (Phi) is 4.04. The summed E-state index contributed by atoms with van der Waals surface area (Å²) in [5.41, 5.74) is 15.4. The number of rotatable bonds is 4. The van der Waals surface area contributed by atoms with Gasteiger partial charge in [0.05, 0.1) is 18.3 Å². The van der Waals surface area contributed by atoms with Crippen molar-refractivity contribution in [3.63, 3.8) is 0 Å². The van der Waals surface area contributed by atoms with Crippen molar-refractivity contribution in [2.24, 2.45) is 5.73 Å². The Bertz CT molecular complexity index is 938. The van der Waals surface area contributed by atoms with E-state index in [9.17, 15) is 4.79 Å². The van der Waals surface area contributed by atoms with Gasteiger partial charge in [0.2, 0.25) is 0 Å². The van der Waals surface area contributed by atoms with Crippen molar-refractivity contribution in [2.75, 3.05) is 12.8 Å². The van der Waals surface area contributed by atoms with Gasteiger partial charge in [0, 0.05) is 11.8 Å². The molecule has 0 fully saturated rings. The molecule has 122 valence electrons. The number of primary amides is 1. The molecule has 6 nitrogen and oxygen atoms in total. The van der Waals surface area contributed by atoms with Crippen LogP contribution in [0.2, 0.25) is 0 Å². The average molecular weight is 322 g/mol. The number of hydrogen-bond acceptors (Lipinski definition) is 5. The number of amides is 1. The van der Waals surface area contributed by atoms with Gasteiger partial charge in [0.25, 0.3) is 5.91 Å². The van der Waals surface area contributed by atoms with Crippen LogP contribution in [0.3, 0.4) is 0 Å². The van der Waals surface area contributed by atoms with E-state index in [-0.39, 0.29) is 11.4 Å². The number of fused-ring (bicyclic) bond motifs is 1. The molecular weight excluding hydrogens is 304 g/mol.